The Bertz CT molecular complexity index is 1270. The Kier molecular flexibility index (Phi) is 69.4. The van der Waals surface area contributed by atoms with Crippen molar-refractivity contribution >= 4 is 11.9 Å². The minimum atomic E-state index is -0.848. The van der Waals surface area contributed by atoms with Crippen LogP contribution in [0.1, 0.15) is 418 Å². The lowest BCUT2D eigenvalue weighted by Gasteiger charge is -2.20. The normalized spacial score (nSPS) is 12.6. The third kappa shape index (κ3) is 67.3. The monoisotopic (exact) mass is 1140 g/mol. The smallest absolute Gasteiger partial charge is 0.305 e. The van der Waals surface area contributed by atoms with Gasteiger partial charge in [0.2, 0.25) is 5.91 Å². The largest absolute Gasteiger partial charge is 0.466 e. The van der Waals surface area contributed by atoms with Gasteiger partial charge in [-0.2, -0.15) is 0 Å². The fraction of sp³-hybridized carbons (Fsp3) is 0.920. The molecule has 0 saturated carbocycles. The highest BCUT2D eigenvalue weighted by Crippen LogP contribution is 2.19. The van der Waals surface area contributed by atoms with Gasteiger partial charge in [-0.05, 0) is 57.8 Å². The van der Waals surface area contributed by atoms with Crippen molar-refractivity contribution in [1.82, 2.24) is 5.32 Å². The van der Waals surface area contributed by atoms with Gasteiger partial charge < -0.3 is 20.3 Å². The maximum atomic E-state index is 12.5. The molecule has 0 heterocycles. The topological polar surface area (TPSA) is 95.9 Å². The predicted octanol–water partition coefficient (Wildman–Crippen LogP) is 24.1. The molecule has 0 aromatic carbocycles. The molecule has 0 spiro atoms. The van der Waals surface area contributed by atoms with Crippen molar-refractivity contribution in [2.45, 2.75) is 431 Å². The van der Waals surface area contributed by atoms with E-state index >= 15 is 0 Å². The molecule has 1 amide bonds. The summed E-state index contributed by atoms with van der Waals surface area (Å²) in [5.74, 6) is -0.0506. The standard InChI is InChI=1S/C75H145NO5/c1-3-5-7-9-11-13-15-17-19-21-23-24-29-32-35-39-43-47-51-55-59-63-67-73(78)72(71-77)76-74(79)68-64-60-56-52-48-44-40-36-33-30-27-25-26-28-31-34-38-42-46-50-54-58-62-66-70-81-75(80)69-65-61-57-53-49-45-41-37-22-20-18-16-14-12-10-8-6-4-2/h27,30,63,67,72-73,77-78H,3-26,28-29,31-62,64-66,68-71H2,1-2H3,(H,76,79)/b30-27-,67-63+. The number of nitrogens with one attached hydrogen (secondary N) is 1. The van der Waals surface area contributed by atoms with Gasteiger partial charge in [-0.15, -0.1) is 0 Å². The quantitative estimate of drug-likeness (QED) is 0.0320. The Morgan fingerprint density at radius 2 is 0.580 bits per heavy atom. The summed E-state index contributed by atoms with van der Waals surface area (Å²) < 4.78 is 5.51. The van der Waals surface area contributed by atoms with Crippen molar-refractivity contribution in [3.8, 4) is 0 Å². The number of carbonyl (C=O) groups excluding carboxylic acids is 2. The highest BCUT2D eigenvalue weighted by molar-refractivity contribution is 5.76. The summed E-state index contributed by atoms with van der Waals surface area (Å²) in [4.78, 5) is 24.6. The Morgan fingerprint density at radius 3 is 0.877 bits per heavy atom. The number of unbranched alkanes of at least 4 members (excludes halogenated alkanes) is 57. The Labute approximate surface area is 507 Å². The van der Waals surface area contributed by atoms with Crippen LogP contribution in [0.5, 0.6) is 0 Å². The maximum Gasteiger partial charge on any atom is 0.305 e. The molecule has 6 heteroatoms. The zero-order valence-electron chi connectivity index (χ0n) is 55.0. The molecular weight excluding hydrogens is 995 g/mol. The average molecular weight is 1140 g/mol. The first-order valence-corrected chi connectivity index (χ1v) is 37.1. The van der Waals surface area contributed by atoms with Crippen molar-refractivity contribution < 1.29 is 24.5 Å². The molecule has 3 N–H and O–H groups in total. The number of esters is 1. The fourth-order valence-corrected chi connectivity index (χ4v) is 11.8. The molecular formula is C75H145NO5. The van der Waals surface area contributed by atoms with Crippen LogP contribution in [-0.4, -0.2) is 47.4 Å². The molecule has 480 valence electrons. The van der Waals surface area contributed by atoms with Gasteiger partial charge in [-0.25, -0.2) is 0 Å². The zero-order valence-corrected chi connectivity index (χ0v) is 55.0. The minimum absolute atomic E-state index is 0.0175. The second-order valence-corrected chi connectivity index (χ2v) is 25.6. The van der Waals surface area contributed by atoms with Crippen LogP contribution in [0.2, 0.25) is 0 Å². The molecule has 2 atom stereocenters. The molecule has 81 heavy (non-hydrogen) atoms. The van der Waals surface area contributed by atoms with Crippen molar-refractivity contribution in [3.63, 3.8) is 0 Å². The van der Waals surface area contributed by atoms with Gasteiger partial charge in [0, 0.05) is 12.8 Å². The van der Waals surface area contributed by atoms with E-state index in [1.54, 1.807) is 6.08 Å². The molecule has 2 unspecified atom stereocenters. The van der Waals surface area contributed by atoms with E-state index in [2.05, 4.69) is 31.3 Å². The van der Waals surface area contributed by atoms with Crippen molar-refractivity contribution in [3.05, 3.63) is 24.3 Å². The maximum absolute atomic E-state index is 12.5. The average Bonchev–Trinajstić information content (AvgIpc) is 3.47. The number of ether oxygens (including phenoxy) is 1. The van der Waals surface area contributed by atoms with Gasteiger partial charge in [0.05, 0.1) is 25.4 Å². The third-order valence-corrected chi connectivity index (χ3v) is 17.5. The number of carbonyl (C=O) groups is 2. The lowest BCUT2D eigenvalue weighted by Crippen LogP contribution is -2.45. The van der Waals surface area contributed by atoms with Crippen molar-refractivity contribution in [2.24, 2.45) is 0 Å². The highest BCUT2D eigenvalue weighted by Gasteiger charge is 2.18. The number of aliphatic hydroxyl groups excluding tert-OH is 2. The van der Waals surface area contributed by atoms with Crippen LogP contribution in [0, 0.1) is 0 Å². The number of allylic oxidation sites excluding steroid dienone is 3. The summed E-state index contributed by atoms with van der Waals surface area (Å²) in [6, 6.07) is -0.632. The van der Waals surface area contributed by atoms with E-state index in [1.165, 1.54) is 353 Å². The number of rotatable bonds is 70. The van der Waals surface area contributed by atoms with E-state index in [0.717, 1.165) is 38.5 Å². The predicted molar refractivity (Wildman–Crippen MR) is 356 cm³/mol. The number of aliphatic hydroxyl groups is 2. The Morgan fingerprint density at radius 1 is 0.333 bits per heavy atom. The van der Waals surface area contributed by atoms with Crippen LogP contribution in [0.25, 0.3) is 0 Å². The van der Waals surface area contributed by atoms with Gasteiger partial charge in [0.25, 0.3) is 0 Å². The number of amides is 1. The second kappa shape index (κ2) is 70.8. The molecule has 0 aliphatic rings. The summed E-state index contributed by atoms with van der Waals surface area (Å²) in [6.45, 7) is 4.95. The SMILES string of the molecule is CCCCCCCCCCCCCCCCCCCCCC/C=C/C(O)C(CO)NC(=O)CCCCCCCCCC/C=C\CCCCCCCCCCCCCCOC(=O)CCCCCCCCCCCCCCCCCCCC. The molecule has 0 rings (SSSR count). The van der Waals surface area contributed by atoms with E-state index in [4.69, 9.17) is 4.74 Å². The van der Waals surface area contributed by atoms with Crippen LogP contribution >= 0.6 is 0 Å². The van der Waals surface area contributed by atoms with E-state index in [9.17, 15) is 19.8 Å². The molecule has 0 bridgehead atoms. The zero-order chi connectivity index (χ0) is 58.5. The van der Waals surface area contributed by atoms with Gasteiger partial charge in [0.1, 0.15) is 0 Å². The van der Waals surface area contributed by atoms with Gasteiger partial charge in [-0.1, -0.05) is 372 Å². The first kappa shape index (κ1) is 79.3. The fourth-order valence-electron chi connectivity index (χ4n) is 11.8. The van der Waals surface area contributed by atoms with Crippen molar-refractivity contribution in [1.29, 1.82) is 0 Å². The summed E-state index contributed by atoms with van der Waals surface area (Å²) in [5.41, 5.74) is 0. The van der Waals surface area contributed by atoms with E-state index in [0.29, 0.717) is 19.4 Å². The van der Waals surface area contributed by atoms with Gasteiger partial charge in [-0.3, -0.25) is 9.59 Å². The lowest BCUT2D eigenvalue weighted by atomic mass is 10.0. The van der Waals surface area contributed by atoms with Crippen molar-refractivity contribution in [2.75, 3.05) is 13.2 Å². The molecule has 0 saturated heterocycles. The first-order valence-electron chi connectivity index (χ1n) is 37.1. The van der Waals surface area contributed by atoms with Gasteiger partial charge >= 0.3 is 5.97 Å². The summed E-state index contributed by atoms with van der Waals surface area (Å²) in [6.07, 6.45) is 89.8. The highest BCUT2D eigenvalue weighted by atomic mass is 16.5. The molecule has 0 fully saturated rings. The first-order chi connectivity index (χ1) is 40.0. The van der Waals surface area contributed by atoms with Crippen LogP contribution in [0.15, 0.2) is 24.3 Å². The van der Waals surface area contributed by atoms with E-state index in [-0.39, 0.29) is 18.5 Å². The van der Waals surface area contributed by atoms with Crippen LogP contribution < -0.4 is 5.32 Å². The Hall–Kier alpha value is -1.66. The molecule has 6 nitrogen and oxygen atoms in total. The number of hydrogen-bond donors (Lipinski definition) is 3. The molecule has 0 radical (unpaired) electrons. The molecule has 0 aromatic rings. The van der Waals surface area contributed by atoms with Gasteiger partial charge in [0.15, 0.2) is 0 Å². The Balaban J connectivity index is 3.41. The van der Waals surface area contributed by atoms with Crippen LogP contribution in [0.4, 0.5) is 0 Å². The molecule has 0 aliphatic heterocycles. The second-order valence-electron chi connectivity index (χ2n) is 25.6. The minimum Gasteiger partial charge on any atom is -0.466 e. The molecule has 0 aromatic heterocycles. The lowest BCUT2D eigenvalue weighted by molar-refractivity contribution is -0.143. The number of hydrogen-bond acceptors (Lipinski definition) is 5. The molecule has 0 aliphatic carbocycles. The summed E-state index contributed by atoms with van der Waals surface area (Å²) in [5, 5.41) is 23.3. The van der Waals surface area contributed by atoms with E-state index in [1.807, 2.05) is 6.08 Å². The van der Waals surface area contributed by atoms with E-state index < -0.39 is 12.1 Å². The summed E-state index contributed by atoms with van der Waals surface area (Å²) >= 11 is 0. The third-order valence-electron chi connectivity index (χ3n) is 17.5. The summed E-state index contributed by atoms with van der Waals surface area (Å²) in [7, 11) is 0. The van der Waals surface area contributed by atoms with Crippen LogP contribution in [-0.2, 0) is 14.3 Å². The van der Waals surface area contributed by atoms with Crippen LogP contribution in [0.3, 0.4) is 0 Å².